The van der Waals surface area contributed by atoms with Gasteiger partial charge < -0.3 is 29.2 Å². The fourth-order valence-corrected chi connectivity index (χ4v) is 5.82. The molecule has 11 nitrogen and oxygen atoms in total. The lowest BCUT2D eigenvalue weighted by Gasteiger charge is -2.35. The largest absolute Gasteiger partial charge is 0.468 e. The summed E-state index contributed by atoms with van der Waals surface area (Å²) in [6, 6.07) is 4.20. The van der Waals surface area contributed by atoms with Crippen molar-refractivity contribution < 1.29 is 42.1 Å². The van der Waals surface area contributed by atoms with Crippen molar-refractivity contribution in [1.29, 1.82) is 0 Å². The second-order valence-electron chi connectivity index (χ2n) is 12.9. The van der Waals surface area contributed by atoms with E-state index in [2.05, 4.69) is 28.4 Å². The first-order chi connectivity index (χ1) is 21.6. The molecule has 1 aromatic carbocycles. The number of carbonyl (C=O) groups excluding carboxylic acids is 3. The first-order valence-electron chi connectivity index (χ1n) is 15.2. The molecule has 2 amide bonds. The summed E-state index contributed by atoms with van der Waals surface area (Å²) < 4.78 is 52.6. The van der Waals surface area contributed by atoms with Crippen molar-refractivity contribution >= 4 is 29.0 Å². The van der Waals surface area contributed by atoms with Crippen LogP contribution in [0.2, 0.25) is 0 Å². The topological polar surface area (TPSA) is 129 Å². The van der Waals surface area contributed by atoms with Crippen molar-refractivity contribution in [3.8, 4) is 5.88 Å². The highest BCUT2D eigenvalue weighted by molar-refractivity contribution is 5.91. The molecule has 0 unspecified atom stereocenters. The van der Waals surface area contributed by atoms with Crippen LogP contribution in [0.1, 0.15) is 59.1 Å². The number of halogens is 2. The second-order valence-corrected chi connectivity index (χ2v) is 12.9. The maximum atomic E-state index is 15.0. The summed E-state index contributed by atoms with van der Waals surface area (Å²) in [5, 5.41) is 2.69. The number of rotatable bonds is 11. The molecular formula is C33H42F2N4O7. The molecule has 1 saturated heterocycles. The number of nitrogens with zero attached hydrogens (tertiary/aromatic N) is 3. The van der Waals surface area contributed by atoms with Gasteiger partial charge in [-0.2, -0.15) is 8.78 Å². The summed E-state index contributed by atoms with van der Waals surface area (Å²) in [6.07, 6.45) is 2.53. The van der Waals surface area contributed by atoms with Crippen molar-refractivity contribution in [2.24, 2.45) is 5.41 Å². The summed E-state index contributed by atoms with van der Waals surface area (Å²) in [6.45, 7) is 13.9. The molecule has 0 bridgehead atoms. The number of ether oxygens (including phenoxy) is 4. The summed E-state index contributed by atoms with van der Waals surface area (Å²) in [5.41, 5.74) is -2.40. The minimum atomic E-state index is -3.59. The molecule has 46 heavy (non-hydrogen) atoms. The average Bonchev–Trinajstić information content (AvgIpc) is 3.60. The average molecular weight is 645 g/mol. The molecule has 1 aliphatic heterocycles. The monoisotopic (exact) mass is 644 g/mol. The van der Waals surface area contributed by atoms with E-state index in [1.54, 1.807) is 58.0 Å². The molecule has 0 radical (unpaired) electrons. The first-order valence-corrected chi connectivity index (χ1v) is 15.2. The van der Waals surface area contributed by atoms with E-state index < -0.39 is 64.7 Å². The maximum absolute atomic E-state index is 15.0. The van der Waals surface area contributed by atoms with E-state index in [0.717, 1.165) is 12.8 Å². The highest BCUT2D eigenvalue weighted by Gasteiger charge is 2.52. The zero-order valence-corrected chi connectivity index (χ0v) is 26.9. The van der Waals surface area contributed by atoms with Gasteiger partial charge in [0.2, 0.25) is 11.8 Å². The number of para-hydroxylation sites is 2. The van der Waals surface area contributed by atoms with E-state index >= 15 is 8.78 Å². The van der Waals surface area contributed by atoms with Gasteiger partial charge in [0.05, 0.1) is 37.4 Å². The lowest BCUT2D eigenvalue weighted by Crippen LogP contribution is -2.57. The quantitative estimate of drug-likeness (QED) is 0.263. The fraction of sp³-hybridized carbons (Fsp3) is 0.545. The van der Waals surface area contributed by atoms with Crippen LogP contribution in [0.25, 0.3) is 11.0 Å². The van der Waals surface area contributed by atoms with Crippen LogP contribution in [-0.4, -0.2) is 83.0 Å². The normalized spacial score (nSPS) is 23.9. The van der Waals surface area contributed by atoms with Crippen LogP contribution in [0.5, 0.6) is 5.88 Å². The summed E-state index contributed by atoms with van der Waals surface area (Å²) in [5.74, 6) is -5.37. The van der Waals surface area contributed by atoms with E-state index in [9.17, 15) is 14.4 Å². The molecule has 5 atom stereocenters. The molecule has 2 aromatic rings. The number of esters is 1. The molecule has 1 aliphatic carbocycles. The van der Waals surface area contributed by atoms with E-state index in [1.165, 1.54) is 12.0 Å². The third kappa shape index (κ3) is 7.63. The molecule has 1 N–H and O–H groups in total. The van der Waals surface area contributed by atoms with Gasteiger partial charge in [0.1, 0.15) is 23.8 Å². The predicted molar refractivity (Wildman–Crippen MR) is 165 cm³/mol. The van der Waals surface area contributed by atoms with Gasteiger partial charge in [-0.05, 0) is 49.8 Å². The second kappa shape index (κ2) is 13.7. The van der Waals surface area contributed by atoms with Crippen molar-refractivity contribution in [3.63, 3.8) is 0 Å². The van der Waals surface area contributed by atoms with Crippen LogP contribution >= 0.6 is 0 Å². The molecule has 2 aliphatic rings. The molecule has 13 heteroatoms. The van der Waals surface area contributed by atoms with Gasteiger partial charge in [0.15, 0.2) is 5.69 Å². The number of hydrogen-bond acceptors (Lipinski definition) is 9. The van der Waals surface area contributed by atoms with Gasteiger partial charge in [-0.1, -0.05) is 45.6 Å². The van der Waals surface area contributed by atoms with Crippen LogP contribution in [0.15, 0.2) is 49.6 Å². The highest BCUT2D eigenvalue weighted by atomic mass is 19.3. The van der Waals surface area contributed by atoms with E-state index in [-0.39, 0.29) is 24.6 Å². The number of methoxy groups -OCH3 is 1. The Labute approximate surface area is 267 Å². The highest BCUT2D eigenvalue weighted by Crippen LogP contribution is 2.39. The Morgan fingerprint density at radius 1 is 1.13 bits per heavy atom. The predicted octanol–water partition coefficient (Wildman–Crippen LogP) is 5.08. The number of hydrogen-bond donors (Lipinski definition) is 1. The Kier molecular flexibility index (Phi) is 10.3. The zero-order chi connectivity index (χ0) is 33.9. The number of fused-ring (bicyclic) bond motifs is 1. The third-order valence-electron chi connectivity index (χ3n) is 8.17. The maximum Gasteiger partial charge on any atom is 0.408 e. The summed E-state index contributed by atoms with van der Waals surface area (Å²) in [4.78, 5) is 50.0. The van der Waals surface area contributed by atoms with Gasteiger partial charge in [-0.25, -0.2) is 19.6 Å². The SMILES string of the molecule is C=CCO[C@@H]1CCC[C@H]1OC(=O)N[C@H](C(=O)N1C[C@](C)(Oc2nc3ccccc3nc2C(F)(F)C=C)C[C@H]1C(=O)OC)C(C)(C)C. The Morgan fingerprint density at radius 3 is 2.39 bits per heavy atom. The third-order valence-corrected chi connectivity index (χ3v) is 8.17. The van der Waals surface area contributed by atoms with Gasteiger partial charge >= 0.3 is 18.0 Å². The smallest absolute Gasteiger partial charge is 0.408 e. The van der Waals surface area contributed by atoms with E-state index in [0.29, 0.717) is 24.6 Å². The molecule has 1 aromatic heterocycles. The lowest BCUT2D eigenvalue weighted by molar-refractivity contribution is -0.152. The Bertz CT molecular complexity index is 1480. The van der Waals surface area contributed by atoms with Gasteiger partial charge in [0.25, 0.3) is 0 Å². The molecule has 0 spiro atoms. The minimum absolute atomic E-state index is 0.106. The molecule has 2 fully saturated rings. The van der Waals surface area contributed by atoms with Crippen molar-refractivity contribution in [2.45, 2.75) is 89.2 Å². The van der Waals surface area contributed by atoms with Gasteiger partial charge in [-0.15, -0.1) is 6.58 Å². The van der Waals surface area contributed by atoms with Crippen molar-refractivity contribution in [2.75, 3.05) is 20.3 Å². The lowest BCUT2D eigenvalue weighted by atomic mass is 9.85. The number of benzene rings is 1. The van der Waals surface area contributed by atoms with Crippen LogP contribution in [-0.2, 0) is 29.7 Å². The first kappa shape index (κ1) is 34.7. The minimum Gasteiger partial charge on any atom is -0.468 e. The summed E-state index contributed by atoms with van der Waals surface area (Å²) >= 11 is 0. The number of likely N-dealkylation sites (tertiary alicyclic amines) is 1. The number of alkyl halides is 2. The molecular weight excluding hydrogens is 602 g/mol. The number of nitrogens with one attached hydrogen (secondary N) is 1. The van der Waals surface area contributed by atoms with Crippen LogP contribution in [0, 0.1) is 5.41 Å². The Balaban J connectivity index is 1.61. The van der Waals surface area contributed by atoms with E-state index in [1.807, 2.05) is 0 Å². The zero-order valence-electron chi connectivity index (χ0n) is 26.9. The molecule has 4 rings (SSSR count). The Hall–Kier alpha value is -4.13. The summed E-state index contributed by atoms with van der Waals surface area (Å²) in [7, 11) is 1.18. The number of amides is 2. The number of aromatic nitrogens is 2. The van der Waals surface area contributed by atoms with Crippen LogP contribution < -0.4 is 10.1 Å². The number of allylic oxidation sites excluding steroid dienone is 1. The van der Waals surface area contributed by atoms with Crippen LogP contribution in [0.4, 0.5) is 13.6 Å². The fourth-order valence-electron chi connectivity index (χ4n) is 5.82. The van der Waals surface area contributed by atoms with Crippen molar-refractivity contribution in [3.05, 3.63) is 55.3 Å². The van der Waals surface area contributed by atoms with E-state index in [4.69, 9.17) is 18.9 Å². The van der Waals surface area contributed by atoms with Crippen LogP contribution in [0.3, 0.4) is 0 Å². The van der Waals surface area contributed by atoms with Crippen molar-refractivity contribution in [1.82, 2.24) is 20.2 Å². The number of carbonyl (C=O) groups is 3. The molecule has 2 heterocycles. The number of alkyl carbamates (subject to hydrolysis) is 1. The van der Waals surface area contributed by atoms with Gasteiger partial charge in [-0.3, -0.25) is 4.79 Å². The molecule has 250 valence electrons. The van der Waals surface area contributed by atoms with Gasteiger partial charge in [0, 0.05) is 6.42 Å². The standard InChI is InChI=1S/C33H42F2N4O7/c1-8-17-44-23-15-12-16-24(23)45-30(42)38-26(31(3,4)5)28(40)39-19-32(6,18-22(39)29(41)43-7)46-27-25(33(34,35)9-2)36-20-13-10-11-14-21(20)37-27/h8-11,13-14,22-24,26H,1-2,12,15-19H2,3-7H3,(H,38,42)/t22-,23+,24+,26+,32+/m0/s1. The Morgan fingerprint density at radius 2 is 1.78 bits per heavy atom. The molecule has 1 saturated carbocycles.